The van der Waals surface area contributed by atoms with Crippen molar-refractivity contribution in [3.05, 3.63) is 34.9 Å². The highest BCUT2D eigenvalue weighted by Crippen LogP contribution is 2.16. The van der Waals surface area contributed by atoms with E-state index in [1.54, 1.807) is 12.1 Å². The van der Waals surface area contributed by atoms with Crippen LogP contribution in [0, 0.1) is 0 Å². The number of carboxylic acid groups (broad SMARTS) is 1. The number of ether oxygens (including phenoxy) is 1. The van der Waals surface area contributed by atoms with Gasteiger partial charge >= 0.3 is 11.9 Å². The lowest BCUT2D eigenvalue weighted by Crippen LogP contribution is -2.12. The summed E-state index contributed by atoms with van der Waals surface area (Å²) in [4.78, 5) is 22.3. The van der Waals surface area contributed by atoms with Crippen molar-refractivity contribution in [1.29, 1.82) is 0 Å². The number of aromatic carboxylic acids is 1. The Hall–Kier alpha value is -1.84. The Balaban J connectivity index is 3.40. The van der Waals surface area contributed by atoms with Gasteiger partial charge in [-0.1, -0.05) is 19.1 Å². The molecule has 0 heterocycles. The summed E-state index contributed by atoms with van der Waals surface area (Å²) in [6, 6.07) is 4.74. The van der Waals surface area contributed by atoms with E-state index in [1.807, 2.05) is 6.92 Å². The molecule has 15 heavy (non-hydrogen) atoms. The second-order valence-electron chi connectivity index (χ2n) is 2.99. The molecule has 1 rings (SSSR count). The molecule has 4 nitrogen and oxygen atoms in total. The van der Waals surface area contributed by atoms with Crippen LogP contribution in [0.1, 0.15) is 33.2 Å². The molecule has 0 unspecified atom stereocenters. The lowest BCUT2D eigenvalue weighted by atomic mass is 9.99. The summed E-state index contributed by atoms with van der Waals surface area (Å²) < 4.78 is 4.57. The summed E-state index contributed by atoms with van der Waals surface area (Å²) in [5.41, 5.74) is 0.818. The zero-order valence-electron chi connectivity index (χ0n) is 8.61. The maximum absolute atomic E-state index is 11.4. The van der Waals surface area contributed by atoms with Gasteiger partial charge in [-0.2, -0.15) is 0 Å². The van der Waals surface area contributed by atoms with E-state index >= 15 is 0 Å². The van der Waals surface area contributed by atoms with Gasteiger partial charge in [0.05, 0.1) is 18.2 Å². The van der Waals surface area contributed by atoms with Crippen LogP contribution in [0.4, 0.5) is 0 Å². The molecule has 4 heteroatoms. The molecular weight excluding hydrogens is 196 g/mol. The quantitative estimate of drug-likeness (QED) is 0.768. The molecular formula is C11H12O4. The van der Waals surface area contributed by atoms with E-state index in [0.29, 0.717) is 12.0 Å². The lowest BCUT2D eigenvalue weighted by molar-refractivity contribution is 0.0581. The summed E-state index contributed by atoms with van der Waals surface area (Å²) in [6.07, 6.45) is 0.589. The molecule has 0 amide bonds. The molecule has 0 radical (unpaired) electrons. The zero-order chi connectivity index (χ0) is 11.4. The molecule has 1 N–H and O–H groups in total. The fraction of sp³-hybridized carbons (Fsp3) is 0.273. The van der Waals surface area contributed by atoms with Crippen LogP contribution in [-0.2, 0) is 11.2 Å². The number of hydrogen-bond donors (Lipinski definition) is 1. The number of carboxylic acids is 1. The fourth-order valence-electron chi connectivity index (χ4n) is 1.42. The largest absolute Gasteiger partial charge is 0.478 e. The molecule has 0 aromatic heterocycles. The summed E-state index contributed by atoms with van der Waals surface area (Å²) in [7, 11) is 1.24. The first-order valence-electron chi connectivity index (χ1n) is 4.55. The van der Waals surface area contributed by atoms with Crippen LogP contribution in [0.3, 0.4) is 0 Å². The van der Waals surface area contributed by atoms with Crippen molar-refractivity contribution in [3.63, 3.8) is 0 Å². The van der Waals surface area contributed by atoms with E-state index in [0.717, 1.165) is 0 Å². The molecule has 0 aliphatic heterocycles. The fourth-order valence-corrected chi connectivity index (χ4v) is 1.42. The third-order valence-electron chi connectivity index (χ3n) is 2.15. The summed E-state index contributed by atoms with van der Waals surface area (Å²) in [5, 5.41) is 8.92. The number of methoxy groups -OCH3 is 1. The smallest absolute Gasteiger partial charge is 0.339 e. The molecule has 0 aliphatic rings. The van der Waals surface area contributed by atoms with Crippen molar-refractivity contribution in [2.45, 2.75) is 13.3 Å². The third kappa shape index (κ3) is 2.15. The SMILES string of the molecule is CCc1cccc(C(=O)O)c1C(=O)OC. The molecule has 0 bridgehead atoms. The van der Waals surface area contributed by atoms with Crippen molar-refractivity contribution in [2.24, 2.45) is 0 Å². The molecule has 0 saturated carbocycles. The Morgan fingerprint density at radius 2 is 2.07 bits per heavy atom. The number of rotatable bonds is 3. The van der Waals surface area contributed by atoms with Gasteiger partial charge in [0, 0.05) is 0 Å². The molecule has 0 spiro atoms. The zero-order valence-corrected chi connectivity index (χ0v) is 8.61. The number of hydrogen-bond acceptors (Lipinski definition) is 3. The highest BCUT2D eigenvalue weighted by atomic mass is 16.5. The van der Waals surface area contributed by atoms with Crippen molar-refractivity contribution in [2.75, 3.05) is 7.11 Å². The standard InChI is InChI=1S/C11H12O4/c1-3-7-5-4-6-8(10(12)13)9(7)11(14)15-2/h4-6H,3H2,1-2H3,(H,12,13). The summed E-state index contributed by atoms with van der Waals surface area (Å²) >= 11 is 0. The van der Waals surface area contributed by atoms with Gasteiger partial charge in [0.15, 0.2) is 0 Å². The third-order valence-corrected chi connectivity index (χ3v) is 2.15. The highest BCUT2D eigenvalue weighted by molar-refractivity contribution is 6.03. The lowest BCUT2D eigenvalue weighted by Gasteiger charge is -2.08. The van der Waals surface area contributed by atoms with Gasteiger partial charge in [-0.15, -0.1) is 0 Å². The van der Waals surface area contributed by atoms with Crippen LogP contribution in [0.5, 0.6) is 0 Å². The van der Waals surface area contributed by atoms with Gasteiger partial charge in [-0.05, 0) is 18.1 Å². The number of aryl methyl sites for hydroxylation is 1. The average molecular weight is 208 g/mol. The van der Waals surface area contributed by atoms with E-state index in [2.05, 4.69) is 4.74 Å². The maximum atomic E-state index is 11.4. The van der Waals surface area contributed by atoms with Gasteiger partial charge < -0.3 is 9.84 Å². The van der Waals surface area contributed by atoms with Crippen LogP contribution in [0.25, 0.3) is 0 Å². The van der Waals surface area contributed by atoms with E-state index in [1.165, 1.54) is 13.2 Å². The Labute approximate surface area is 87.5 Å². The van der Waals surface area contributed by atoms with Crippen LogP contribution < -0.4 is 0 Å². The van der Waals surface area contributed by atoms with Crippen LogP contribution in [0.2, 0.25) is 0 Å². The van der Waals surface area contributed by atoms with Crippen molar-refractivity contribution < 1.29 is 19.4 Å². The van der Waals surface area contributed by atoms with E-state index in [-0.39, 0.29) is 11.1 Å². The van der Waals surface area contributed by atoms with Gasteiger partial charge in [-0.25, -0.2) is 9.59 Å². The monoisotopic (exact) mass is 208 g/mol. The minimum atomic E-state index is -1.12. The Kier molecular flexibility index (Phi) is 3.44. The molecule has 1 aromatic rings. The number of benzene rings is 1. The van der Waals surface area contributed by atoms with Crippen LogP contribution in [-0.4, -0.2) is 24.2 Å². The second-order valence-corrected chi connectivity index (χ2v) is 2.99. The first kappa shape index (κ1) is 11.2. The minimum absolute atomic E-state index is 0.0128. The summed E-state index contributed by atoms with van der Waals surface area (Å²) in [6.45, 7) is 1.85. The van der Waals surface area contributed by atoms with Crippen LogP contribution >= 0.6 is 0 Å². The summed E-state index contributed by atoms with van der Waals surface area (Å²) in [5.74, 6) is -1.73. The Bertz CT molecular complexity index is 396. The molecule has 0 fully saturated rings. The normalized spacial score (nSPS) is 9.73. The maximum Gasteiger partial charge on any atom is 0.339 e. The minimum Gasteiger partial charge on any atom is -0.478 e. The topological polar surface area (TPSA) is 63.6 Å². The highest BCUT2D eigenvalue weighted by Gasteiger charge is 2.19. The van der Waals surface area contributed by atoms with Crippen LogP contribution in [0.15, 0.2) is 18.2 Å². The number of esters is 1. The molecule has 0 aliphatic carbocycles. The van der Waals surface area contributed by atoms with Crippen molar-refractivity contribution in [3.8, 4) is 0 Å². The predicted molar refractivity (Wildman–Crippen MR) is 54.1 cm³/mol. The van der Waals surface area contributed by atoms with Crippen molar-refractivity contribution >= 4 is 11.9 Å². The second kappa shape index (κ2) is 4.59. The first-order chi connectivity index (χ1) is 7.11. The number of carbonyl (C=O) groups excluding carboxylic acids is 1. The number of carbonyl (C=O) groups is 2. The first-order valence-corrected chi connectivity index (χ1v) is 4.55. The molecule has 80 valence electrons. The van der Waals surface area contributed by atoms with Gasteiger partial charge in [-0.3, -0.25) is 0 Å². The Morgan fingerprint density at radius 1 is 1.40 bits per heavy atom. The van der Waals surface area contributed by atoms with E-state index in [4.69, 9.17) is 5.11 Å². The molecule has 0 saturated heterocycles. The Morgan fingerprint density at radius 3 is 2.53 bits per heavy atom. The molecule has 0 atom stereocenters. The molecule has 1 aromatic carbocycles. The van der Waals surface area contributed by atoms with Gasteiger partial charge in [0.1, 0.15) is 0 Å². The average Bonchev–Trinajstić information content (AvgIpc) is 2.26. The predicted octanol–water partition coefficient (Wildman–Crippen LogP) is 1.73. The van der Waals surface area contributed by atoms with E-state index < -0.39 is 11.9 Å². The van der Waals surface area contributed by atoms with Gasteiger partial charge in [0.25, 0.3) is 0 Å². The van der Waals surface area contributed by atoms with E-state index in [9.17, 15) is 9.59 Å². The van der Waals surface area contributed by atoms with Crippen molar-refractivity contribution in [1.82, 2.24) is 0 Å². The van der Waals surface area contributed by atoms with Gasteiger partial charge in [0.2, 0.25) is 0 Å².